The Hall–Kier alpha value is -1.59. The van der Waals surface area contributed by atoms with Crippen LogP contribution >= 0.6 is 0 Å². The number of aliphatic hydroxyl groups excluding tert-OH is 1. The minimum atomic E-state index is -0.0268. The fraction of sp³-hybridized carbons (Fsp3) is 0.462. The molecule has 1 aliphatic rings. The van der Waals surface area contributed by atoms with Crippen LogP contribution < -0.4 is 9.64 Å². The van der Waals surface area contributed by atoms with Gasteiger partial charge in [0.05, 0.1) is 12.3 Å². The molecule has 1 aromatic rings. The molecule has 0 atom stereocenters. The highest BCUT2D eigenvalue weighted by molar-refractivity contribution is 5.97. The maximum Gasteiger partial charge on any atom is 0.265 e. The molecule has 0 bridgehead atoms. The highest BCUT2D eigenvalue weighted by Gasteiger charge is 2.25. The lowest BCUT2D eigenvalue weighted by Gasteiger charge is -2.30. The second-order valence-corrected chi connectivity index (χ2v) is 4.60. The van der Waals surface area contributed by atoms with Crippen LogP contribution in [0.15, 0.2) is 18.2 Å². The van der Waals surface area contributed by atoms with E-state index in [4.69, 9.17) is 9.84 Å². The first-order valence-corrected chi connectivity index (χ1v) is 5.93. The fourth-order valence-corrected chi connectivity index (χ4v) is 1.89. The van der Waals surface area contributed by atoms with Crippen molar-refractivity contribution in [1.29, 1.82) is 0 Å². The average molecular weight is 250 g/mol. The summed E-state index contributed by atoms with van der Waals surface area (Å²) in [5.74, 6) is 0.640. The molecule has 1 heterocycles. The van der Waals surface area contributed by atoms with Crippen molar-refractivity contribution in [2.24, 2.45) is 0 Å². The highest BCUT2D eigenvalue weighted by Crippen LogP contribution is 2.32. The standard InChI is InChI=1S/C13H18N2O3/c1-14(2)5-6-15-11-4-3-10(8-16)7-12(11)18-9-13(15)17/h3-4,7,16H,5-6,8-9H2,1-2H3. The Morgan fingerprint density at radius 1 is 1.44 bits per heavy atom. The summed E-state index contributed by atoms with van der Waals surface area (Å²) >= 11 is 0. The number of ether oxygens (including phenoxy) is 1. The van der Waals surface area contributed by atoms with E-state index in [2.05, 4.69) is 0 Å². The van der Waals surface area contributed by atoms with Crippen LogP contribution in [0.25, 0.3) is 0 Å². The van der Waals surface area contributed by atoms with Gasteiger partial charge < -0.3 is 19.6 Å². The van der Waals surface area contributed by atoms with Crippen molar-refractivity contribution in [3.63, 3.8) is 0 Å². The lowest BCUT2D eigenvalue weighted by Crippen LogP contribution is -2.42. The maximum absolute atomic E-state index is 11.9. The van der Waals surface area contributed by atoms with Gasteiger partial charge in [0.1, 0.15) is 5.75 Å². The Bertz CT molecular complexity index is 446. The topological polar surface area (TPSA) is 53.0 Å². The third-order valence-corrected chi connectivity index (χ3v) is 2.92. The minimum absolute atomic E-state index is 0.0255. The lowest BCUT2D eigenvalue weighted by atomic mass is 10.1. The third-order valence-electron chi connectivity index (χ3n) is 2.92. The number of likely N-dealkylation sites (N-methyl/N-ethyl adjacent to an activating group) is 1. The fourth-order valence-electron chi connectivity index (χ4n) is 1.89. The van der Waals surface area contributed by atoms with Crippen LogP contribution in [0.3, 0.4) is 0 Å². The van der Waals surface area contributed by atoms with Gasteiger partial charge in [-0.05, 0) is 31.8 Å². The van der Waals surface area contributed by atoms with Crippen molar-refractivity contribution in [2.75, 3.05) is 38.7 Å². The number of fused-ring (bicyclic) bond motifs is 1. The zero-order chi connectivity index (χ0) is 13.1. The summed E-state index contributed by atoms with van der Waals surface area (Å²) in [6, 6.07) is 5.42. The summed E-state index contributed by atoms with van der Waals surface area (Å²) in [5.41, 5.74) is 1.57. The zero-order valence-corrected chi connectivity index (χ0v) is 10.7. The van der Waals surface area contributed by atoms with Crippen molar-refractivity contribution in [3.05, 3.63) is 23.8 Å². The Morgan fingerprint density at radius 3 is 2.89 bits per heavy atom. The Morgan fingerprint density at radius 2 is 2.22 bits per heavy atom. The van der Waals surface area contributed by atoms with E-state index < -0.39 is 0 Å². The molecular formula is C13H18N2O3. The second kappa shape index (κ2) is 5.37. The molecule has 0 saturated heterocycles. The van der Waals surface area contributed by atoms with E-state index in [-0.39, 0.29) is 19.1 Å². The van der Waals surface area contributed by atoms with E-state index >= 15 is 0 Å². The second-order valence-electron chi connectivity index (χ2n) is 4.60. The first-order valence-electron chi connectivity index (χ1n) is 5.93. The van der Waals surface area contributed by atoms with Crippen LogP contribution in [0.1, 0.15) is 5.56 Å². The van der Waals surface area contributed by atoms with Gasteiger partial charge in [0, 0.05) is 13.1 Å². The van der Waals surface area contributed by atoms with Crippen LogP contribution in [-0.2, 0) is 11.4 Å². The van der Waals surface area contributed by atoms with Crippen molar-refractivity contribution < 1.29 is 14.6 Å². The monoisotopic (exact) mass is 250 g/mol. The number of carbonyl (C=O) groups is 1. The van der Waals surface area contributed by atoms with Gasteiger partial charge in [0.15, 0.2) is 6.61 Å². The molecule has 1 aliphatic heterocycles. The molecule has 5 nitrogen and oxygen atoms in total. The molecule has 0 spiro atoms. The van der Waals surface area contributed by atoms with Gasteiger partial charge in [-0.25, -0.2) is 0 Å². The summed E-state index contributed by atoms with van der Waals surface area (Å²) in [4.78, 5) is 15.6. The van der Waals surface area contributed by atoms with E-state index in [0.29, 0.717) is 12.3 Å². The van der Waals surface area contributed by atoms with Crippen molar-refractivity contribution in [2.45, 2.75) is 6.61 Å². The predicted molar refractivity (Wildman–Crippen MR) is 68.8 cm³/mol. The first kappa shape index (κ1) is 12.9. The number of carbonyl (C=O) groups excluding carboxylic acids is 1. The van der Waals surface area contributed by atoms with Gasteiger partial charge in [-0.3, -0.25) is 4.79 Å². The van der Waals surface area contributed by atoms with Crippen LogP contribution in [-0.4, -0.2) is 49.7 Å². The molecule has 1 N–H and O–H groups in total. The van der Waals surface area contributed by atoms with E-state index in [0.717, 1.165) is 17.8 Å². The molecule has 0 unspecified atom stereocenters. The molecule has 0 aromatic heterocycles. The quantitative estimate of drug-likeness (QED) is 0.844. The average Bonchev–Trinajstić information content (AvgIpc) is 2.36. The number of hydrogen-bond acceptors (Lipinski definition) is 4. The highest BCUT2D eigenvalue weighted by atomic mass is 16.5. The molecule has 1 aromatic carbocycles. The number of amides is 1. The molecule has 0 saturated carbocycles. The molecule has 1 amide bonds. The lowest BCUT2D eigenvalue weighted by molar-refractivity contribution is -0.121. The van der Waals surface area contributed by atoms with E-state index in [9.17, 15) is 4.79 Å². The number of hydrogen-bond donors (Lipinski definition) is 1. The predicted octanol–water partition coefficient (Wildman–Crippen LogP) is 0.466. The number of anilines is 1. The van der Waals surface area contributed by atoms with Gasteiger partial charge in [-0.15, -0.1) is 0 Å². The Kier molecular flexibility index (Phi) is 3.84. The number of rotatable bonds is 4. The number of aliphatic hydroxyl groups is 1. The van der Waals surface area contributed by atoms with Crippen molar-refractivity contribution >= 4 is 11.6 Å². The van der Waals surface area contributed by atoms with Crippen molar-refractivity contribution in [1.82, 2.24) is 4.90 Å². The molecule has 18 heavy (non-hydrogen) atoms. The molecule has 98 valence electrons. The van der Waals surface area contributed by atoms with Crippen molar-refractivity contribution in [3.8, 4) is 5.75 Å². The largest absolute Gasteiger partial charge is 0.482 e. The Labute approximate surface area is 107 Å². The van der Waals surface area contributed by atoms with Gasteiger partial charge in [0.25, 0.3) is 5.91 Å². The number of nitrogens with zero attached hydrogens (tertiary/aromatic N) is 2. The first-order chi connectivity index (χ1) is 8.61. The molecule has 0 fully saturated rings. The van der Waals surface area contributed by atoms with E-state index in [1.165, 1.54) is 0 Å². The van der Waals surface area contributed by atoms with E-state index in [1.807, 2.05) is 31.1 Å². The molecule has 0 radical (unpaired) electrons. The summed E-state index contributed by atoms with van der Waals surface area (Å²) < 4.78 is 5.40. The summed E-state index contributed by atoms with van der Waals surface area (Å²) in [7, 11) is 3.95. The van der Waals surface area contributed by atoms with Crippen LogP contribution in [0, 0.1) is 0 Å². The molecular weight excluding hydrogens is 232 g/mol. The van der Waals surface area contributed by atoms with Crippen LogP contribution in [0.4, 0.5) is 5.69 Å². The van der Waals surface area contributed by atoms with Gasteiger partial charge >= 0.3 is 0 Å². The molecule has 2 rings (SSSR count). The third kappa shape index (κ3) is 2.63. The van der Waals surface area contributed by atoms with E-state index in [1.54, 1.807) is 11.0 Å². The van der Waals surface area contributed by atoms with Crippen LogP contribution in [0.5, 0.6) is 5.75 Å². The maximum atomic E-state index is 11.9. The number of benzene rings is 1. The summed E-state index contributed by atoms with van der Waals surface area (Å²) in [6.45, 7) is 1.48. The molecule has 5 heteroatoms. The normalized spacial score (nSPS) is 14.7. The Balaban J connectivity index is 2.24. The summed E-state index contributed by atoms with van der Waals surface area (Å²) in [6.07, 6.45) is 0. The smallest absolute Gasteiger partial charge is 0.265 e. The van der Waals surface area contributed by atoms with Gasteiger partial charge in [-0.2, -0.15) is 0 Å². The SMILES string of the molecule is CN(C)CCN1C(=O)COc2cc(CO)ccc21. The van der Waals surface area contributed by atoms with Gasteiger partial charge in [-0.1, -0.05) is 6.07 Å². The van der Waals surface area contributed by atoms with Gasteiger partial charge in [0.2, 0.25) is 0 Å². The summed E-state index contributed by atoms with van der Waals surface area (Å²) in [5, 5.41) is 9.09. The van der Waals surface area contributed by atoms with Crippen LogP contribution in [0.2, 0.25) is 0 Å². The molecule has 0 aliphatic carbocycles. The zero-order valence-electron chi connectivity index (χ0n) is 10.7. The minimum Gasteiger partial charge on any atom is -0.482 e.